The van der Waals surface area contributed by atoms with Gasteiger partial charge in [0.25, 0.3) is 0 Å². The van der Waals surface area contributed by atoms with E-state index >= 15 is 0 Å². The highest BCUT2D eigenvalue weighted by Gasteiger charge is 2.47. The monoisotopic (exact) mass is 432 g/mol. The highest BCUT2D eigenvalue weighted by atomic mass is 32.2. The zero-order valence-electron chi connectivity index (χ0n) is 15.6. The van der Waals surface area contributed by atoms with Crippen molar-refractivity contribution in [1.29, 1.82) is 0 Å². The number of hydrogen-bond acceptors (Lipinski definition) is 8. The highest BCUT2D eigenvalue weighted by molar-refractivity contribution is 8.14. The van der Waals surface area contributed by atoms with Gasteiger partial charge in [-0.05, 0) is 24.3 Å². The molecular formula is C20H20N2O5S2. The number of para-hydroxylation sites is 1. The second-order valence-corrected chi connectivity index (χ2v) is 10.3. The maximum atomic E-state index is 12.2. The molecule has 3 aliphatic rings. The van der Waals surface area contributed by atoms with Crippen molar-refractivity contribution in [3.05, 3.63) is 48.5 Å². The van der Waals surface area contributed by atoms with E-state index in [0.29, 0.717) is 23.9 Å². The topological polar surface area (TPSA) is 77.4 Å². The molecule has 0 radical (unpaired) electrons. The zero-order valence-corrected chi connectivity index (χ0v) is 17.2. The van der Waals surface area contributed by atoms with Crippen LogP contribution in [0.25, 0.3) is 0 Å². The molecule has 1 fully saturated rings. The van der Waals surface area contributed by atoms with Crippen LogP contribution in [0.3, 0.4) is 0 Å². The Labute approximate surface area is 173 Å². The predicted octanol–water partition coefficient (Wildman–Crippen LogP) is 2.57. The summed E-state index contributed by atoms with van der Waals surface area (Å²) < 4.78 is 41.0. The number of hydrogen-bond donors (Lipinski definition) is 0. The van der Waals surface area contributed by atoms with Crippen LogP contribution in [0.4, 0.5) is 5.69 Å². The Bertz CT molecular complexity index is 1040. The molecule has 1 saturated heterocycles. The molecule has 0 spiro atoms. The van der Waals surface area contributed by atoms with Crippen LogP contribution in [0.5, 0.6) is 17.2 Å². The van der Waals surface area contributed by atoms with Crippen LogP contribution < -0.4 is 19.1 Å². The lowest BCUT2D eigenvalue weighted by Gasteiger charge is -2.26. The number of benzene rings is 2. The molecule has 0 saturated carbocycles. The maximum absolute atomic E-state index is 12.2. The van der Waals surface area contributed by atoms with Crippen LogP contribution in [-0.2, 0) is 9.84 Å². The minimum atomic E-state index is -3.08. The molecule has 152 valence electrons. The zero-order chi connectivity index (χ0) is 19.8. The van der Waals surface area contributed by atoms with Crippen LogP contribution >= 0.6 is 11.8 Å². The van der Waals surface area contributed by atoms with E-state index < -0.39 is 9.84 Å². The summed E-state index contributed by atoms with van der Waals surface area (Å²) in [4.78, 5) is 6.77. The number of anilines is 1. The minimum absolute atomic E-state index is 0.100. The molecule has 0 aliphatic carbocycles. The van der Waals surface area contributed by atoms with Gasteiger partial charge < -0.3 is 19.1 Å². The molecule has 29 heavy (non-hydrogen) atoms. The fourth-order valence-electron chi connectivity index (χ4n) is 3.78. The summed E-state index contributed by atoms with van der Waals surface area (Å²) in [6, 6.07) is 14.9. The third-order valence-corrected chi connectivity index (χ3v) is 7.70. The molecule has 0 amide bonds. The molecule has 5 rings (SSSR count). The first-order chi connectivity index (χ1) is 14.1. The number of rotatable bonds is 5. The van der Waals surface area contributed by atoms with Crippen LogP contribution in [0.15, 0.2) is 53.5 Å². The van der Waals surface area contributed by atoms with Gasteiger partial charge >= 0.3 is 0 Å². The summed E-state index contributed by atoms with van der Waals surface area (Å²) >= 11 is 1.58. The summed E-state index contributed by atoms with van der Waals surface area (Å²) in [5.74, 6) is 3.12. The first kappa shape index (κ1) is 18.6. The van der Waals surface area contributed by atoms with Crippen LogP contribution in [0.1, 0.15) is 0 Å². The van der Waals surface area contributed by atoms with E-state index in [1.807, 2.05) is 53.4 Å². The molecule has 0 aromatic heterocycles. The van der Waals surface area contributed by atoms with Gasteiger partial charge in [0.2, 0.25) is 6.79 Å². The summed E-state index contributed by atoms with van der Waals surface area (Å²) in [7, 11) is -3.08. The van der Waals surface area contributed by atoms with E-state index in [2.05, 4.69) is 0 Å². The van der Waals surface area contributed by atoms with Crippen molar-refractivity contribution in [2.45, 2.75) is 12.1 Å². The molecule has 3 aliphatic heterocycles. The number of aliphatic imine (C=N–C) groups is 1. The van der Waals surface area contributed by atoms with Gasteiger partial charge in [-0.25, -0.2) is 8.42 Å². The Balaban J connectivity index is 1.33. The quantitative estimate of drug-likeness (QED) is 0.672. The van der Waals surface area contributed by atoms with Crippen LogP contribution in [0, 0.1) is 0 Å². The Kier molecular flexibility index (Phi) is 4.79. The maximum Gasteiger partial charge on any atom is 0.231 e. The normalized spacial score (nSPS) is 23.7. The summed E-state index contributed by atoms with van der Waals surface area (Å²) in [5, 5.41) is 0.824. The lowest BCUT2D eigenvalue weighted by molar-refractivity contribution is 0.174. The van der Waals surface area contributed by atoms with Gasteiger partial charge in [0, 0.05) is 17.5 Å². The van der Waals surface area contributed by atoms with Gasteiger partial charge in [-0.2, -0.15) is 0 Å². The SMILES string of the molecule is O=S1(=O)C[C@@H]2N=C(SCCOc3ccccc3)N(c3ccc4c(c3)OCO4)[C@H]2C1. The summed E-state index contributed by atoms with van der Waals surface area (Å²) in [6.45, 7) is 0.738. The molecule has 7 nitrogen and oxygen atoms in total. The van der Waals surface area contributed by atoms with Crippen molar-refractivity contribution < 1.29 is 22.6 Å². The Morgan fingerprint density at radius 3 is 2.79 bits per heavy atom. The molecule has 2 aromatic rings. The van der Waals surface area contributed by atoms with Gasteiger partial charge in [-0.15, -0.1) is 0 Å². The number of nitrogens with zero attached hydrogens (tertiary/aromatic N) is 2. The lowest BCUT2D eigenvalue weighted by atomic mass is 10.1. The number of fused-ring (bicyclic) bond motifs is 2. The first-order valence-corrected chi connectivity index (χ1v) is 12.2. The molecule has 0 N–H and O–H groups in total. The van der Waals surface area contributed by atoms with Crippen LogP contribution in [-0.4, -0.2) is 56.3 Å². The number of thioether (sulfide) groups is 1. The van der Waals surface area contributed by atoms with E-state index in [1.165, 1.54) is 0 Å². The third-order valence-electron chi connectivity index (χ3n) is 5.07. The summed E-state index contributed by atoms with van der Waals surface area (Å²) in [6.07, 6.45) is 0. The van der Waals surface area contributed by atoms with Crippen molar-refractivity contribution in [1.82, 2.24) is 0 Å². The second kappa shape index (κ2) is 7.46. The average Bonchev–Trinajstić information content (AvgIpc) is 3.37. The van der Waals surface area contributed by atoms with Gasteiger partial charge in [0.15, 0.2) is 26.5 Å². The van der Waals surface area contributed by atoms with Gasteiger partial charge in [-0.1, -0.05) is 30.0 Å². The third kappa shape index (κ3) is 3.76. The van der Waals surface area contributed by atoms with Gasteiger partial charge in [0.1, 0.15) is 5.75 Å². The van der Waals surface area contributed by atoms with Crippen molar-refractivity contribution in [2.75, 3.05) is 35.6 Å². The van der Waals surface area contributed by atoms with Crippen molar-refractivity contribution in [3.8, 4) is 17.2 Å². The minimum Gasteiger partial charge on any atom is -0.493 e. The molecule has 0 bridgehead atoms. The smallest absolute Gasteiger partial charge is 0.231 e. The van der Waals surface area contributed by atoms with Crippen molar-refractivity contribution in [2.24, 2.45) is 4.99 Å². The Hall–Kier alpha value is -2.39. The molecular weight excluding hydrogens is 412 g/mol. The van der Waals surface area contributed by atoms with E-state index in [4.69, 9.17) is 19.2 Å². The molecule has 2 aromatic carbocycles. The van der Waals surface area contributed by atoms with E-state index in [9.17, 15) is 8.42 Å². The van der Waals surface area contributed by atoms with E-state index in [1.54, 1.807) is 11.8 Å². The van der Waals surface area contributed by atoms with Gasteiger partial charge in [0.05, 0.1) is 30.2 Å². The predicted molar refractivity (Wildman–Crippen MR) is 113 cm³/mol. The van der Waals surface area contributed by atoms with E-state index in [0.717, 1.165) is 16.6 Å². The molecule has 0 unspecified atom stereocenters. The number of sulfone groups is 1. The molecule has 9 heteroatoms. The van der Waals surface area contributed by atoms with E-state index in [-0.39, 0.29) is 30.4 Å². The van der Waals surface area contributed by atoms with Crippen molar-refractivity contribution in [3.63, 3.8) is 0 Å². The number of amidine groups is 1. The van der Waals surface area contributed by atoms with Gasteiger partial charge in [-0.3, -0.25) is 4.99 Å². The Morgan fingerprint density at radius 1 is 1.10 bits per heavy atom. The molecule has 3 heterocycles. The largest absolute Gasteiger partial charge is 0.493 e. The average molecular weight is 433 g/mol. The molecule has 2 atom stereocenters. The lowest BCUT2D eigenvalue weighted by Crippen LogP contribution is -2.39. The Morgan fingerprint density at radius 2 is 1.93 bits per heavy atom. The van der Waals surface area contributed by atoms with Crippen LogP contribution in [0.2, 0.25) is 0 Å². The fraction of sp³-hybridized carbons (Fsp3) is 0.350. The number of ether oxygens (including phenoxy) is 3. The highest BCUT2D eigenvalue weighted by Crippen LogP contribution is 2.40. The second-order valence-electron chi connectivity index (χ2n) is 7.04. The first-order valence-electron chi connectivity index (χ1n) is 9.37. The standard InChI is InChI=1S/C20H20N2O5S2/c23-29(24)11-16-17(12-29)22(14-6-7-18-19(10-14)27-13-26-18)20(21-16)28-9-8-25-15-4-2-1-3-5-15/h1-7,10,16-17H,8-9,11-13H2/t16-,17-/m0/s1. The van der Waals surface area contributed by atoms with Crippen molar-refractivity contribution >= 4 is 32.5 Å². The fourth-order valence-corrected chi connectivity index (χ4v) is 6.56. The summed E-state index contributed by atoms with van der Waals surface area (Å²) in [5.41, 5.74) is 0.870.